The SMILES string of the molecule is CCc1ccc(NC(=O)c2ccc3ocnc3c2)cc1[N+](=O)[O-]. The van der Waals surface area contributed by atoms with E-state index >= 15 is 0 Å². The number of anilines is 1. The highest BCUT2D eigenvalue weighted by molar-refractivity contribution is 6.05. The molecule has 1 N–H and O–H groups in total. The molecule has 0 aliphatic heterocycles. The second-order valence-corrected chi connectivity index (χ2v) is 4.94. The smallest absolute Gasteiger partial charge is 0.274 e. The van der Waals surface area contributed by atoms with Crippen molar-refractivity contribution in [3.05, 3.63) is 64.0 Å². The molecule has 0 unspecified atom stereocenters. The van der Waals surface area contributed by atoms with Crippen molar-refractivity contribution in [3.63, 3.8) is 0 Å². The Kier molecular flexibility index (Phi) is 3.76. The molecule has 0 saturated carbocycles. The minimum absolute atomic E-state index is 0.00254. The van der Waals surface area contributed by atoms with E-state index in [9.17, 15) is 14.9 Å². The zero-order valence-corrected chi connectivity index (χ0v) is 12.3. The lowest BCUT2D eigenvalue weighted by Gasteiger charge is -2.07. The third kappa shape index (κ3) is 2.89. The Morgan fingerprint density at radius 3 is 2.87 bits per heavy atom. The fourth-order valence-corrected chi connectivity index (χ4v) is 2.31. The molecule has 0 spiro atoms. The van der Waals surface area contributed by atoms with Gasteiger partial charge in [0.2, 0.25) is 0 Å². The summed E-state index contributed by atoms with van der Waals surface area (Å²) in [5.74, 6) is -0.367. The molecule has 0 radical (unpaired) electrons. The lowest BCUT2D eigenvalue weighted by molar-refractivity contribution is -0.385. The second-order valence-electron chi connectivity index (χ2n) is 4.94. The lowest BCUT2D eigenvalue weighted by atomic mass is 10.1. The standard InChI is InChI=1S/C16H13N3O4/c1-2-10-3-5-12(8-14(10)19(21)22)18-16(20)11-4-6-15-13(7-11)17-9-23-15/h3-9H,2H2,1H3,(H,18,20). The van der Waals surface area contributed by atoms with Crippen LogP contribution in [0.25, 0.3) is 11.1 Å². The summed E-state index contributed by atoms with van der Waals surface area (Å²) in [7, 11) is 0. The minimum Gasteiger partial charge on any atom is -0.443 e. The van der Waals surface area contributed by atoms with Crippen molar-refractivity contribution >= 4 is 28.4 Å². The van der Waals surface area contributed by atoms with Crippen molar-refractivity contribution in [1.29, 1.82) is 0 Å². The van der Waals surface area contributed by atoms with Crippen LogP contribution in [-0.4, -0.2) is 15.8 Å². The Labute approximate surface area is 131 Å². The van der Waals surface area contributed by atoms with Crippen LogP contribution in [0, 0.1) is 10.1 Å². The fraction of sp³-hybridized carbons (Fsp3) is 0.125. The zero-order valence-electron chi connectivity index (χ0n) is 12.3. The van der Waals surface area contributed by atoms with Gasteiger partial charge in [0.25, 0.3) is 11.6 Å². The third-order valence-corrected chi connectivity index (χ3v) is 3.51. The predicted octanol–water partition coefficient (Wildman–Crippen LogP) is 3.55. The average Bonchev–Trinajstić information content (AvgIpc) is 3.02. The first-order valence-corrected chi connectivity index (χ1v) is 7.00. The largest absolute Gasteiger partial charge is 0.443 e. The van der Waals surface area contributed by atoms with Gasteiger partial charge in [-0.2, -0.15) is 0 Å². The molecule has 0 aliphatic rings. The number of fused-ring (bicyclic) bond motifs is 1. The number of aromatic nitrogens is 1. The van der Waals surface area contributed by atoms with Crippen LogP contribution in [0.4, 0.5) is 11.4 Å². The van der Waals surface area contributed by atoms with Crippen LogP contribution < -0.4 is 5.32 Å². The van der Waals surface area contributed by atoms with E-state index in [1.54, 1.807) is 30.3 Å². The van der Waals surface area contributed by atoms with Crippen molar-refractivity contribution < 1.29 is 14.1 Å². The van der Waals surface area contributed by atoms with Gasteiger partial charge in [0.05, 0.1) is 4.92 Å². The first-order valence-electron chi connectivity index (χ1n) is 7.00. The molecular weight excluding hydrogens is 298 g/mol. The number of benzene rings is 2. The summed E-state index contributed by atoms with van der Waals surface area (Å²) in [5, 5.41) is 13.7. The Balaban J connectivity index is 1.87. The first-order chi connectivity index (χ1) is 11.1. The van der Waals surface area contributed by atoms with E-state index in [0.29, 0.717) is 34.3 Å². The van der Waals surface area contributed by atoms with Crippen LogP contribution in [0.2, 0.25) is 0 Å². The molecule has 0 aliphatic carbocycles. The first kappa shape index (κ1) is 14.7. The van der Waals surface area contributed by atoms with E-state index in [1.165, 1.54) is 12.5 Å². The van der Waals surface area contributed by atoms with Crippen molar-refractivity contribution in [3.8, 4) is 0 Å². The van der Waals surface area contributed by atoms with Gasteiger partial charge in [-0.15, -0.1) is 0 Å². The van der Waals surface area contributed by atoms with E-state index in [4.69, 9.17) is 4.42 Å². The fourth-order valence-electron chi connectivity index (χ4n) is 2.31. The maximum Gasteiger partial charge on any atom is 0.274 e. The van der Waals surface area contributed by atoms with Gasteiger partial charge in [0.15, 0.2) is 12.0 Å². The summed E-state index contributed by atoms with van der Waals surface area (Å²) in [4.78, 5) is 26.9. The van der Waals surface area contributed by atoms with Crippen LogP contribution in [0.15, 0.2) is 47.2 Å². The summed E-state index contributed by atoms with van der Waals surface area (Å²) in [6.07, 6.45) is 1.85. The van der Waals surface area contributed by atoms with Gasteiger partial charge >= 0.3 is 0 Å². The van der Waals surface area contributed by atoms with E-state index in [0.717, 1.165) is 0 Å². The number of nitro groups is 1. The van der Waals surface area contributed by atoms with Crippen LogP contribution in [0.1, 0.15) is 22.8 Å². The van der Waals surface area contributed by atoms with Gasteiger partial charge in [-0.1, -0.05) is 13.0 Å². The average molecular weight is 311 g/mol. The number of nitro benzene ring substituents is 1. The summed E-state index contributed by atoms with van der Waals surface area (Å²) < 4.78 is 5.12. The number of rotatable bonds is 4. The number of nitrogens with zero attached hydrogens (tertiary/aromatic N) is 2. The minimum atomic E-state index is -0.448. The molecule has 2 aromatic carbocycles. The number of carbonyl (C=O) groups is 1. The molecule has 1 aromatic heterocycles. The number of hydrogen-bond acceptors (Lipinski definition) is 5. The van der Waals surface area contributed by atoms with Crippen LogP contribution in [0.3, 0.4) is 0 Å². The summed E-state index contributed by atoms with van der Waals surface area (Å²) in [5.41, 5.74) is 2.55. The molecule has 3 rings (SSSR count). The molecule has 7 heteroatoms. The monoisotopic (exact) mass is 311 g/mol. The van der Waals surface area contributed by atoms with Gasteiger partial charge in [-0.3, -0.25) is 14.9 Å². The van der Waals surface area contributed by atoms with Crippen molar-refractivity contribution in [1.82, 2.24) is 4.98 Å². The van der Waals surface area contributed by atoms with Gasteiger partial charge in [-0.25, -0.2) is 4.98 Å². The number of nitrogens with one attached hydrogen (secondary N) is 1. The number of amides is 1. The number of oxazole rings is 1. The third-order valence-electron chi connectivity index (χ3n) is 3.51. The van der Waals surface area contributed by atoms with Crippen molar-refractivity contribution in [2.75, 3.05) is 5.32 Å². The Morgan fingerprint density at radius 2 is 2.13 bits per heavy atom. The predicted molar refractivity (Wildman–Crippen MR) is 84.4 cm³/mol. The molecule has 1 amide bonds. The highest BCUT2D eigenvalue weighted by atomic mass is 16.6. The maximum absolute atomic E-state index is 12.3. The highest BCUT2D eigenvalue weighted by Crippen LogP contribution is 2.24. The number of hydrogen-bond donors (Lipinski definition) is 1. The van der Waals surface area contributed by atoms with Gasteiger partial charge < -0.3 is 9.73 Å². The molecule has 1 heterocycles. The van der Waals surface area contributed by atoms with Crippen LogP contribution in [0.5, 0.6) is 0 Å². The Bertz CT molecular complexity index is 901. The molecule has 0 atom stereocenters. The number of carbonyl (C=O) groups excluding carboxylic acids is 1. The molecule has 0 saturated heterocycles. The molecule has 3 aromatic rings. The van der Waals surface area contributed by atoms with Crippen molar-refractivity contribution in [2.24, 2.45) is 0 Å². The van der Waals surface area contributed by atoms with Gasteiger partial charge in [-0.05, 0) is 30.7 Å². The van der Waals surface area contributed by atoms with E-state index in [1.807, 2.05) is 6.92 Å². The van der Waals surface area contributed by atoms with Gasteiger partial charge in [0.1, 0.15) is 5.52 Å². The number of aryl methyl sites for hydroxylation is 1. The van der Waals surface area contributed by atoms with Crippen molar-refractivity contribution in [2.45, 2.75) is 13.3 Å². The quantitative estimate of drug-likeness (QED) is 0.587. The maximum atomic E-state index is 12.3. The molecule has 116 valence electrons. The summed E-state index contributed by atoms with van der Waals surface area (Å²) in [6.45, 7) is 1.84. The van der Waals surface area contributed by atoms with E-state index in [-0.39, 0.29) is 11.6 Å². The highest BCUT2D eigenvalue weighted by Gasteiger charge is 2.15. The summed E-state index contributed by atoms with van der Waals surface area (Å²) in [6, 6.07) is 9.53. The molecule has 0 bridgehead atoms. The zero-order chi connectivity index (χ0) is 16.4. The topological polar surface area (TPSA) is 98.3 Å². The van der Waals surface area contributed by atoms with Gasteiger partial charge in [0, 0.05) is 22.9 Å². The van der Waals surface area contributed by atoms with E-state index in [2.05, 4.69) is 10.3 Å². The molecular formula is C16H13N3O4. The molecule has 0 fully saturated rings. The second kappa shape index (κ2) is 5.88. The summed E-state index contributed by atoms with van der Waals surface area (Å²) >= 11 is 0. The van der Waals surface area contributed by atoms with Crippen LogP contribution in [-0.2, 0) is 6.42 Å². The molecule has 7 nitrogen and oxygen atoms in total. The lowest BCUT2D eigenvalue weighted by Crippen LogP contribution is -2.12. The Hall–Kier alpha value is -3.22. The normalized spacial score (nSPS) is 10.7. The van der Waals surface area contributed by atoms with E-state index < -0.39 is 4.92 Å². The van der Waals surface area contributed by atoms with Crippen LogP contribution >= 0.6 is 0 Å². The Morgan fingerprint density at radius 1 is 1.30 bits per heavy atom. The molecule has 23 heavy (non-hydrogen) atoms.